The summed E-state index contributed by atoms with van der Waals surface area (Å²) in [6, 6.07) is 15.0. The van der Waals surface area contributed by atoms with Crippen LogP contribution in [-0.4, -0.2) is 24.9 Å². The number of carbonyl (C=O) groups is 1. The van der Waals surface area contributed by atoms with Crippen molar-refractivity contribution in [2.75, 3.05) is 6.61 Å². The number of aliphatic imine (C=N–C) groups is 1. The van der Waals surface area contributed by atoms with Crippen molar-refractivity contribution in [2.45, 2.75) is 144 Å². The van der Waals surface area contributed by atoms with E-state index in [9.17, 15) is 9.59 Å². The summed E-state index contributed by atoms with van der Waals surface area (Å²) in [6.07, 6.45) is 21.8. The highest BCUT2D eigenvalue weighted by molar-refractivity contribution is 5.86. The minimum Gasteiger partial charge on any atom is -0.494 e. The number of nitrogens with zero attached hydrogens (tertiary/aromatic N) is 1. The molecule has 6 nitrogen and oxygen atoms in total. The number of hydrogen-bond donors (Lipinski definition) is 0. The van der Waals surface area contributed by atoms with Gasteiger partial charge in [-0.25, -0.2) is 4.79 Å². The van der Waals surface area contributed by atoms with E-state index in [2.05, 4.69) is 45.7 Å². The van der Waals surface area contributed by atoms with Crippen molar-refractivity contribution < 1.29 is 18.7 Å². The summed E-state index contributed by atoms with van der Waals surface area (Å²) in [4.78, 5) is 29.2. The summed E-state index contributed by atoms with van der Waals surface area (Å²) in [5, 5.41) is 0.882. The molecule has 1 aromatic heterocycles. The van der Waals surface area contributed by atoms with Gasteiger partial charge in [-0.3, -0.25) is 9.79 Å². The smallest absolute Gasteiger partial charge is 0.336 e. The van der Waals surface area contributed by atoms with Gasteiger partial charge in [0, 0.05) is 30.5 Å². The Labute approximate surface area is 335 Å². The molecule has 0 saturated heterocycles. The molecule has 2 aromatic carbocycles. The third-order valence-corrected chi connectivity index (χ3v) is 15.0. The highest BCUT2D eigenvalue weighted by Crippen LogP contribution is 2.67. The number of rotatable bonds is 15. The Morgan fingerprint density at radius 3 is 2.55 bits per heavy atom. The molecule has 0 spiro atoms. The third kappa shape index (κ3) is 8.90. The maximum atomic E-state index is 12.9. The lowest BCUT2D eigenvalue weighted by Gasteiger charge is -2.58. The second-order valence-corrected chi connectivity index (χ2v) is 19.1. The molecule has 4 aliphatic carbocycles. The van der Waals surface area contributed by atoms with Gasteiger partial charge in [-0.05, 0) is 171 Å². The molecule has 0 N–H and O–H groups in total. The lowest BCUT2D eigenvalue weighted by atomic mass is 9.47. The van der Waals surface area contributed by atoms with Crippen LogP contribution in [0.3, 0.4) is 0 Å². The second-order valence-electron chi connectivity index (χ2n) is 19.1. The fourth-order valence-corrected chi connectivity index (χ4v) is 11.9. The van der Waals surface area contributed by atoms with Gasteiger partial charge >= 0.3 is 11.6 Å². The van der Waals surface area contributed by atoms with Crippen LogP contribution >= 0.6 is 0 Å². The Bertz CT molecular complexity index is 1940. The lowest BCUT2D eigenvalue weighted by Crippen LogP contribution is -2.51. The number of aryl methyl sites for hydroxylation is 1. The molecule has 8 atom stereocenters. The Morgan fingerprint density at radius 2 is 1.75 bits per heavy atom. The monoisotopic (exact) mass is 762 g/mol. The predicted octanol–water partition coefficient (Wildman–Crippen LogP) is 12.7. The van der Waals surface area contributed by atoms with Gasteiger partial charge in [0.2, 0.25) is 0 Å². The van der Waals surface area contributed by atoms with Crippen molar-refractivity contribution in [2.24, 2.45) is 51.3 Å². The largest absolute Gasteiger partial charge is 0.494 e. The van der Waals surface area contributed by atoms with Crippen LogP contribution in [0, 0.1) is 53.3 Å². The third-order valence-electron chi connectivity index (χ3n) is 15.0. The van der Waals surface area contributed by atoms with E-state index in [1.807, 2.05) is 49.5 Å². The number of fused-ring (bicyclic) bond motifs is 6. The summed E-state index contributed by atoms with van der Waals surface area (Å²) < 4.78 is 17.4. The molecule has 0 radical (unpaired) electrons. The number of hydrogen-bond acceptors (Lipinski definition) is 6. The van der Waals surface area contributed by atoms with Crippen LogP contribution in [-0.2, 0) is 9.53 Å². The maximum Gasteiger partial charge on any atom is 0.336 e. The topological polar surface area (TPSA) is 78.1 Å². The first kappa shape index (κ1) is 40.5. The summed E-state index contributed by atoms with van der Waals surface area (Å²) in [6.45, 7) is 15.1. The molecule has 0 unspecified atom stereocenters. The van der Waals surface area contributed by atoms with Crippen LogP contribution in [0.5, 0.6) is 5.75 Å². The molecule has 6 heteroatoms. The summed E-state index contributed by atoms with van der Waals surface area (Å²) in [5.74, 6) is 5.85. The van der Waals surface area contributed by atoms with Gasteiger partial charge in [0.15, 0.2) is 0 Å². The van der Waals surface area contributed by atoms with Gasteiger partial charge in [0.25, 0.3) is 0 Å². The first-order valence-electron chi connectivity index (χ1n) is 22.1. The normalized spacial score (nSPS) is 29.1. The fraction of sp³-hybridized carbons (Fsp3) is 0.620. The number of unbranched alkanes of at least 4 members (excludes halogenated alkanes) is 2. The van der Waals surface area contributed by atoms with Crippen molar-refractivity contribution in [3.8, 4) is 5.75 Å². The first-order valence-corrected chi connectivity index (χ1v) is 22.1. The van der Waals surface area contributed by atoms with Crippen LogP contribution in [0.4, 0.5) is 5.69 Å². The van der Waals surface area contributed by atoms with Gasteiger partial charge in [-0.15, -0.1) is 0 Å². The maximum absolute atomic E-state index is 12.9. The van der Waals surface area contributed by atoms with Crippen molar-refractivity contribution in [3.63, 3.8) is 0 Å². The molecule has 0 amide bonds. The van der Waals surface area contributed by atoms with E-state index in [1.54, 1.807) is 11.6 Å². The molecule has 3 saturated carbocycles. The Kier molecular flexibility index (Phi) is 12.6. The minimum absolute atomic E-state index is 0.0343. The van der Waals surface area contributed by atoms with Gasteiger partial charge < -0.3 is 13.9 Å². The zero-order chi connectivity index (χ0) is 39.5. The number of esters is 1. The molecule has 7 rings (SSSR count). The average Bonchev–Trinajstić information content (AvgIpc) is 3.53. The van der Waals surface area contributed by atoms with Crippen LogP contribution in [0.25, 0.3) is 11.0 Å². The van der Waals surface area contributed by atoms with Crippen LogP contribution in [0.1, 0.15) is 142 Å². The van der Waals surface area contributed by atoms with E-state index < -0.39 is 0 Å². The van der Waals surface area contributed by atoms with Crippen molar-refractivity contribution in [1.29, 1.82) is 0 Å². The highest BCUT2D eigenvalue weighted by atomic mass is 16.5. The number of allylic oxidation sites excluding steroid dienone is 1. The summed E-state index contributed by atoms with van der Waals surface area (Å²) in [7, 11) is 0. The minimum atomic E-state index is -0.342. The highest BCUT2D eigenvalue weighted by Gasteiger charge is 2.59. The fourth-order valence-electron chi connectivity index (χ4n) is 11.9. The van der Waals surface area contributed by atoms with Crippen LogP contribution in [0.15, 0.2) is 74.4 Å². The molecule has 56 heavy (non-hydrogen) atoms. The van der Waals surface area contributed by atoms with Gasteiger partial charge in [-0.2, -0.15) is 0 Å². The van der Waals surface area contributed by atoms with Gasteiger partial charge in [-0.1, -0.05) is 65.5 Å². The lowest BCUT2D eigenvalue weighted by molar-refractivity contribution is -0.151. The molecule has 1 heterocycles. The molecular formula is C50H67NO5. The van der Waals surface area contributed by atoms with Gasteiger partial charge in [0.1, 0.15) is 17.4 Å². The van der Waals surface area contributed by atoms with E-state index in [0.29, 0.717) is 24.0 Å². The van der Waals surface area contributed by atoms with E-state index in [4.69, 9.17) is 13.9 Å². The van der Waals surface area contributed by atoms with E-state index >= 15 is 0 Å². The molecule has 0 bridgehead atoms. The van der Waals surface area contributed by atoms with Crippen molar-refractivity contribution >= 4 is 28.8 Å². The first-order chi connectivity index (χ1) is 26.9. The molecule has 0 aliphatic heterocycles. The molecule has 3 aromatic rings. The quantitative estimate of drug-likeness (QED) is 0.0507. The molecule has 3 fully saturated rings. The molecule has 302 valence electrons. The second kappa shape index (κ2) is 17.4. The molecule has 4 aliphatic rings. The van der Waals surface area contributed by atoms with Crippen molar-refractivity contribution in [1.82, 2.24) is 0 Å². The number of benzene rings is 2. The SMILES string of the molecule is Cc1cc(=O)oc2ccc(N=Cc3ccc(OCCCCCC(=O)O[C@H]4CC[C@@]5(C)C(=CC[C@H]6[C@@H]7CC[C@H]([C@H](C)CCCC(C)C)[C@@]7(C)CC[C@@H]65)C4)cc3)cc12. The Balaban J connectivity index is 0.809. The average molecular weight is 762 g/mol. The Hall–Kier alpha value is -3.67. The summed E-state index contributed by atoms with van der Waals surface area (Å²) >= 11 is 0. The van der Waals surface area contributed by atoms with Crippen LogP contribution in [0.2, 0.25) is 0 Å². The van der Waals surface area contributed by atoms with E-state index in [0.717, 1.165) is 102 Å². The number of ether oxygens (including phenoxy) is 2. The Morgan fingerprint density at radius 1 is 0.929 bits per heavy atom. The van der Waals surface area contributed by atoms with Crippen molar-refractivity contribution in [3.05, 3.63) is 81.7 Å². The summed E-state index contributed by atoms with van der Waals surface area (Å²) in [5.41, 5.74) is 5.25. The van der Waals surface area contributed by atoms with E-state index in [-0.39, 0.29) is 23.1 Å². The molecular weight excluding hydrogens is 695 g/mol. The predicted molar refractivity (Wildman–Crippen MR) is 228 cm³/mol. The number of carbonyl (C=O) groups excluding carboxylic acids is 1. The van der Waals surface area contributed by atoms with Gasteiger partial charge in [0.05, 0.1) is 12.3 Å². The van der Waals surface area contributed by atoms with E-state index in [1.165, 1.54) is 57.4 Å². The zero-order valence-corrected chi connectivity index (χ0v) is 35.1. The standard InChI is InChI=1S/C50H67NO5/c1-33(2)11-10-12-34(3)43-21-22-44-41-20-16-37-30-40(24-26-49(37,5)45(41)25-27-50(43,44)6)55-47(52)13-8-7-9-28-54-39-18-14-36(15-19-39)32-51-38-17-23-46-42(31-38)35(4)29-48(53)56-46/h14-19,23,29,31-34,40-41,43-45H,7-13,20-22,24-28,30H2,1-6H3/t34-,40+,41+,43-,44+,45+,49+,50-/m1/s1. The zero-order valence-electron chi connectivity index (χ0n) is 35.1. The van der Waals surface area contributed by atoms with Crippen LogP contribution < -0.4 is 10.4 Å².